The minimum absolute atomic E-state index is 0.194. The van der Waals surface area contributed by atoms with Crippen LogP contribution in [0.5, 0.6) is 0 Å². The number of anilines is 2. The predicted molar refractivity (Wildman–Crippen MR) is 82.7 cm³/mol. The number of amides is 3. The van der Waals surface area contributed by atoms with Gasteiger partial charge < -0.3 is 10.2 Å². The van der Waals surface area contributed by atoms with Crippen LogP contribution in [0.2, 0.25) is 0 Å². The van der Waals surface area contributed by atoms with Crippen molar-refractivity contribution in [2.75, 3.05) is 12.4 Å². The largest absolute Gasteiger partial charge is 0.338 e. The van der Waals surface area contributed by atoms with Crippen molar-refractivity contribution in [1.82, 2.24) is 24.8 Å². The fourth-order valence-electron chi connectivity index (χ4n) is 2.32. The molecule has 1 aliphatic heterocycles. The molecule has 1 aliphatic rings. The van der Waals surface area contributed by atoms with Crippen LogP contribution < -0.4 is 5.32 Å². The van der Waals surface area contributed by atoms with Gasteiger partial charge in [0.15, 0.2) is 0 Å². The molecular formula is C15H16N6O2. The summed E-state index contributed by atoms with van der Waals surface area (Å²) >= 11 is 0. The predicted octanol–water partition coefficient (Wildman–Crippen LogP) is 1.40. The molecule has 118 valence electrons. The smallest absolute Gasteiger partial charge is 0.327 e. The molecule has 0 aliphatic carbocycles. The van der Waals surface area contributed by atoms with Crippen LogP contribution in [0.3, 0.4) is 0 Å². The molecule has 23 heavy (non-hydrogen) atoms. The van der Waals surface area contributed by atoms with Gasteiger partial charge in [0.1, 0.15) is 18.2 Å². The molecule has 1 fully saturated rings. The van der Waals surface area contributed by atoms with Gasteiger partial charge in [-0.3, -0.25) is 9.69 Å². The summed E-state index contributed by atoms with van der Waals surface area (Å²) in [6.07, 6.45) is 6.33. The van der Waals surface area contributed by atoms with E-state index in [1.54, 1.807) is 44.7 Å². The average Bonchev–Trinajstić information content (AvgIpc) is 2.74. The highest BCUT2D eigenvalue weighted by molar-refractivity contribution is 6.03. The summed E-state index contributed by atoms with van der Waals surface area (Å²) in [5.74, 6) is 0.401. The summed E-state index contributed by atoms with van der Waals surface area (Å²) in [6.45, 7) is 1.93. The molecule has 0 aromatic carbocycles. The van der Waals surface area contributed by atoms with E-state index < -0.39 is 6.04 Å². The maximum Gasteiger partial charge on any atom is 0.327 e. The third-order valence-electron chi connectivity index (χ3n) is 3.74. The van der Waals surface area contributed by atoms with Gasteiger partial charge in [-0.05, 0) is 24.6 Å². The second-order valence-corrected chi connectivity index (χ2v) is 5.30. The molecule has 1 atom stereocenters. The molecule has 0 saturated carbocycles. The Kier molecular flexibility index (Phi) is 3.88. The van der Waals surface area contributed by atoms with E-state index in [2.05, 4.69) is 20.3 Å². The first-order valence-corrected chi connectivity index (χ1v) is 7.11. The second-order valence-electron chi connectivity index (χ2n) is 5.30. The number of carbonyl (C=O) groups is 2. The maximum absolute atomic E-state index is 12.1. The van der Waals surface area contributed by atoms with Crippen LogP contribution in [-0.2, 0) is 11.3 Å². The Morgan fingerprint density at radius 3 is 2.65 bits per heavy atom. The number of rotatable bonds is 4. The van der Waals surface area contributed by atoms with Crippen LogP contribution >= 0.6 is 0 Å². The van der Waals surface area contributed by atoms with E-state index in [-0.39, 0.29) is 18.5 Å². The molecule has 0 spiro atoms. The molecule has 2 aromatic heterocycles. The zero-order valence-corrected chi connectivity index (χ0v) is 12.8. The summed E-state index contributed by atoms with van der Waals surface area (Å²) in [7, 11) is 1.62. The Labute approximate surface area is 133 Å². The Hall–Kier alpha value is -3.03. The lowest BCUT2D eigenvalue weighted by atomic mass is 10.2. The molecule has 3 heterocycles. The molecule has 0 radical (unpaired) electrons. The first kappa shape index (κ1) is 14.9. The van der Waals surface area contributed by atoms with E-state index in [0.29, 0.717) is 11.5 Å². The standard InChI is InChI=1S/C15H16N6O2/c1-10-14(22)21(15(23)20(10)2)8-11-3-4-18-13(5-11)19-12-6-16-9-17-7-12/h3-7,9-10H,8H2,1-2H3,(H,18,19). The van der Waals surface area contributed by atoms with Crippen LogP contribution in [0.25, 0.3) is 0 Å². The highest BCUT2D eigenvalue weighted by Crippen LogP contribution is 2.20. The van der Waals surface area contributed by atoms with Gasteiger partial charge >= 0.3 is 6.03 Å². The van der Waals surface area contributed by atoms with Gasteiger partial charge in [0.2, 0.25) is 0 Å². The van der Waals surface area contributed by atoms with E-state index >= 15 is 0 Å². The van der Waals surface area contributed by atoms with Gasteiger partial charge in [0.25, 0.3) is 5.91 Å². The fourth-order valence-corrected chi connectivity index (χ4v) is 2.32. The summed E-state index contributed by atoms with van der Waals surface area (Å²) in [6, 6.07) is 2.85. The molecule has 0 bridgehead atoms. The molecule has 8 heteroatoms. The lowest BCUT2D eigenvalue weighted by Gasteiger charge is -2.14. The molecule has 8 nitrogen and oxygen atoms in total. The SMILES string of the molecule is CC1C(=O)N(Cc2ccnc(Nc3cncnc3)c2)C(=O)N1C. The summed E-state index contributed by atoms with van der Waals surface area (Å²) in [4.78, 5) is 38.9. The summed E-state index contributed by atoms with van der Waals surface area (Å²) < 4.78 is 0. The Morgan fingerprint density at radius 2 is 2.00 bits per heavy atom. The van der Waals surface area contributed by atoms with Crippen LogP contribution in [0.4, 0.5) is 16.3 Å². The van der Waals surface area contributed by atoms with E-state index in [0.717, 1.165) is 5.56 Å². The van der Waals surface area contributed by atoms with Crippen molar-refractivity contribution in [2.24, 2.45) is 0 Å². The van der Waals surface area contributed by atoms with E-state index in [1.807, 2.05) is 0 Å². The quantitative estimate of drug-likeness (QED) is 0.858. The molecule has 1 N–H and O–H groups in total. The average molecular weight is 312 g/mol. The minimum atomic E-state index is -0.427. The Morgan fingerprint density at radius 1 is 1.26 bits per heavy atom. The highest BCUT2D eigenvalue weighted by atomic mass is 16.2. The normalized spacial score (nSPS) is 17.7. The van der Waals surface area contributed by atoms with Crippen molar-refractivity contribution >= 4 is 23.4 Å². The number of hydrogen-bond acceptors (Lipinski definition) is 6. The van der Waals surface area contributed by atoms with Crippen molar-refractivity contribution in [2.45, 2.75) is 19.5 Å². The Balaban J connectivity index is 1.76. The van der Waals surface area contributed by atoms with Crippen molar-refractivity contribution in [3.05, 3.63) is 42.6 Å². The lowest BCUT2D eigenvalue weighted by molar-refractivity contribution is -0.128. The Bertz CT molecular complexity index is 716. The van der Waals surface area contributed by atoms with Gasteiger partial charge in [-0.25, -0.2) is 19.7 Å². The molecule has 1 unspecified atom stereocenters. The number of aromatic nitrogens is 3. The van der Waals surface area contributed by atoms with Gasteiger partial charge in [-0.1, -0.05) is 0 Å². The van der Waals surface area contributed by atoms with Crippen molar-refractivity contribution in [3.8, 4) is 0 Å². The molecular weight excluding hydrogens is 296 g/mol. The zero-order valence-electron chi connectivity index (χ0n) is 12.8. The molecule has 3 amide bonds. The van der Waals surface area contributed by atoms with Gasteiger partial charge in [0.05, 0.1) is 24.6 Å². The number of urea groups is 1. The number of likely N-dealkylation sites (N-methyl/N-ethyl adjacent to an activating group) is 1. The van der Waals surface area contributed by atoms with Crippen molar-refractivity contribution in [1.29, 1.82) is 0 Å². The first-order valence-electron chi connectivity index (χ1n) is 7.11. The topological polar surface area (TPSA) is 91.3 Å². The lowest BCUT2D eigenvalue weighted by Crippen LogP contribution is -2.31. The minimum Gasteiger partial charge on any atom is -0.338 e. The number of pyridine rings is 1. The highest BCUT2D eigenvalue weighted by Gasteiger charge is 2.39. The van der Waals surface area contributed by atoms with Gasteiger partial charge in [-0.15, -0.1) is 0 Å². The fraction of sp³-hybridized carbons (Fsp3) is 0.267. The van der Waals surface area contributed by atoms with Crippen LogP contribution in [0.1, 0.15) is 12.5 Å². The monoisotopic (exact) mass is 312 g/mol. The maximum atomic E-state index is 12.1. The van der Waals surface area contributed by atoms with Crippen molar-refractivity contribution in [3.63, 3.8) is 0 Å². The zero-order chi connectivity index (χ0) is 16.4. The molecule has 1 saturated heterocycles. The number of carbonyl (C=O) groups excluding carboxylic acids is 2. The third-order valence-corrected chi connectivity index (χ3v) is 3.74. The van der Waals surface area contributed by atoms with E-state index in [1.165, 1.54) is 16.1 Å². The number of imide groups is 1. The van der Waals surface area contributed by atoms with Crippen molar-refractivity contribution < 1.29 is 9.59 Å². The van der Waals surface area contributed by atoms with Crippen LogP contribution in [0, 0.1) is 0 Å². The summed E-state index contributed by atoms with van der Waals surface area (Å²) in [5.41, 5.74) is 1.52. The number of hydrogen-bond donors (Lipinski definition) is 1. The number of nitrogens with zero attached hydrogens (tertiary/aromatic N) is 5. The molecule has 2 aromatic rings. The third kappa shape index (κ3) is 2.96. The summed E-state index contributed by atoms with van der Waals surface area (Å²) in [5, 5.41) is 3.07. The van der Waals surface area contributed by atoms with Crippen LogP contribution in [-0.4, -0.2) is 49.8 Å². The van der Waals surface area contributed by atoms with Gasteiger partial charge in [0, 0.05) is 13.2 Å². The second kappa shape index (κ2) is 5.99. The molecule has 3 rings (SSSR count). The van der Waals surface area contributed by atoms with E-state index in [4.69, 9.17) is 0 Å². The van der Waals surface area contributed by atoms with E-state index in [9.17, 15) is 9.59 Å². The van der Waals surface area contributed by atoms with Crippen LogP contribution in [0.15, 0.2) is 37.1 Å². The number of nitrogens with one attached hydrogen (secondary N) is 1. The van der Waals surface area contributed by atoms with Gasteiger partial charge in [-0.2, -0.15) is 0 Å². The first-order chi connectivity index (χ1) is 11.1.